The van der Waals surface area contributed by atoms with Crippen LogP contribution in [0.2, 0.25) is 0 Å². The summed E-state index contributed by atoms with van der Waals surface area (Å²) in [6.07, 6.45) is 4.56. The lowest BCUT2D eigenvalue weighted by Gasteiger charge is -2.08. The third-order valence-corrected chi connectivity index (χ3v) is 4.01. The van der Waals surface area contributed by atoms with Crippen molar-refractivity contribution in [1.29, 1.82) is 0 Å². The van der Waals surface area contributed by atoms with Crippen LogP contribution in [0.4, 0.5) is 0 Å². The van der Waals surface area contributed by atoms with Gasteiger partial charge in [-0.2, -0.15) is 5.10 Å². The predicted molar refractivity (Wildman–Crippen MR) is 80.4 cm³/mol. The predicted octanol–water partition coefficient (Wildman–Crippen LogP) is 4.04. The zero-order valence-corrected chi connectivity index (χ0v) is 11.7. The Morgan fingerprint density at radius 1 is 1.20 bits per heavy atom. The molecule has 0 unspecified atom stereocenters. The number of rotatable bonds is 3. The highest BCUT2D eigenvalue weighted by Crippen LogP contribution is 2.39. The van der Waals surface area contributed by atoms with Crippen molar-refractivity contribution in [3.8, 4) is 5.69 Å². The minimum Gasteiger partial charge on any atom is -0.251 e. The van der Waals surface area contributed by atoms with E-state index in [2.05, 4.69) is 17.1 Å². The second-order valence-corrected chi connectivity index (χ2v) is 5.51. The van der Waals surface area contributed by atoms with Crippen LogP contribution in [0.3, 0.4) is 0 Å². The highest BCUT2D eigenvalue weighted by Gasteiger charge is 2.26. The van der Waals surface area contributed by atoms with Crippen LogP contribution in [-0.4, -0.2) is 14.8 Å². The summed E-state index contributed by atoms with van der Waals surface area (Å²) in [5.41, 5.74) is 4.09. The van der Waals surface area contributed by atoms with Gasteiger partial charge in [-0.05, 0) is 31.0 Å². The molecule has 1 aromatic carbocycles. The van der Waals surface area contributed by atoms with Crippen LogP contribution >= 0.6 is 11.6 Å². The quantitative estimate of drug-likeness (QED) is 0.679. The molecule has 2 aromatic heterocycles. The van der Waals surface area contributed by atoms with E-state index >= 15 is 0 Å². The standard InChI is InChI=1S/C16H14ClN3/c17-10-12-9-16(13-3-1-2-4-15(13)18-12)20-8-7-14(19-20)11-5-6-11/h1-4,7-9,11H,5-6,10H2. The Morgan fingerprint density at radius 2 is 2.05 bits per heavy atom. The maximum Gasteiger partial charge on any atom is 0.0758 e. The molecule has 4 rings (SSSR count). The van der Waals surface area contributed by atoms with Gasteiger partial charge < -0.3 is 0 Å². The number of pyridine rings is 1. The first-order valence-corrected chi connectivity index (χ1v) is 7.39. The first-order valence-electron chi connectivity index (χ1n) is 6.86. The Kier molecular flexibility index (Phi) is 2.74. The van der Waals surface area contributed by atoms with E-state index in [9.17, 15) is 0 Å². The molecule has 0 atom stereocenters. The van der Waals surface area contributed by atoms with E-state index in [1.54, 1.807) is 0 Å². The molecule has 2 heterocycles. The number of fused-ring (bicyclic) bond motifs is 1. The van der Waals surface area contributed by atoms with E-state index in [1.165, 1.54) is 18.5 Å². The molecule has 0 bridgehead atoms. The van der Waals surface area contributed by atoms with Crippen molar-refractivity contribution in [2.75, 3.05) is 0 Å². The van der Waals surface area contributed by atoms with Crippen molar-refractivity contribution >= 4 is 22.5 Å². The third kappa shape index (κ3) is 1.98. The van der Waals surface area contributed by atoms with Gasteiger partial charge in [0.1, 0.15) is 0 Å². The summed E-state index contributed by atoms with van der Waals surface area (Å²) in [6, 6.07) is 12.3. The molecule has 3 aromatic rings. The largest absolute Gasteiger partial charge is 0.251 e. The first-order chi connectivity index (χ1) is 9.85. The second-order valence-electron chi connectivity index (χ2n) is 5.24. The van der Waals surface area contributed by atoms with Crippen LogP contribution in [0.5, 0.6) is 0 Å². The number of benzene rings is 1. The molecule has 0 radical (unpaired) electrons. The Labute approximate surface area is 122 Å². The number of para-hydroxylation sites is 1. The smallest absolute Gasteiger partial charge is 0.0758 e. The minimum atomic E-state index is 0.411. The van der Waals surface area contributed by atoms with Gasteiger partial charge in [0.05, 0.1) is 28.5 Å². The van der Waals surface area contributed by atoms with Crippen molar-refractivity contribution < 1.29 is 0 Å². The molecular weight excluding hydrogens is 270 g/mol. The van der Waals surface area contributed by atoms with E-state index < -0.39 is 0 Å². The van der Waals surface area contributed by atoms with Crippen LogP contribution < -0.4 is 0 Å². The number of hydrogen-bond acceptors (Lipinski definition) is 2. The molecule has 3 nitrogen and oxygen atoms in total. The first kappa shape index (κ1) is 11.9. The molecule has 0 amide bonds. The zero-order valence-electron chi connectivity index (χ0n) is 11.0. The summed E-state index contributed by atoms with van der Waals surface area (Å²) in [7, 11) is 0. The number of halogens is 1. The molecule has 1 aliphatic carbocycles. The van der Waals surface area contributed by atoms with Crippen LogP contribution in [-0.2, 0) is 5.88 Å². The summed E-state index contributed by atoms with van der Waals surface area (Å²) >= 11 is 5.96. The molecule has 0 aliphatic heterocycles. The lowest BCUT2D eigenvalue weighted by molar-refractivity contribution is 0.840. The van der Waals surface area contributed by atoms with E-state index in [4.69, 9.17) is 16.7 Å². The average molecular weight is 284 g/mol. The van der Waals surface area contributed by atoms with E-state index in [0.29, 0.717) is 11.8 Å². The highest BCUT2D eigenvalue weighted by atomic mass is 35.5. The van der Waals surface area contributed by atoms with Gasteiger partial charge in [-0.3, -0.25) is 4.98 Å². The molecule has 100 valence electrons. The van der Waals surface area contributed by atoms with Gasteiger partial charge >= 0.3 is 0 Å². The van der Waals surface area contributed by atoms with Gasteiger partial charge in [0.25, 0.3) is 0 Å². The summed E-state index contributed by atoms with van der Waals surface area (Å²) in [5.74, 6) is 1.08. The normalized spacial score (nSPS) is 14.8. The lowest BCUT2D eigenvalue weighted by Crippen LogP contribution is -2.00. The van der Waals surface area contributed by atoms with Crippen molar-refractivity contribution in [3.05, 3.63) is 54.0 Å². The molecule has 4 heteroatoms. The summed E-state index contributed by atoms with van der Waals surface area (Å²) < 4.78 is 1.95. The SMILES string of the molecule is ClCc1cc(-n2ccc(C3CC3)n2)c2ccccc2n1. The van der Waals surface area contributed by atoms with Gasteiger partial charge in [0.15, 0.2) is 0 Å². The second kappa shape index (κ2) is 4.60. The Morgan fingerprint density at radius 3 is 2.85 bits per heavy atom. The molecule has 1 saturated carbocycles. The number of hydrogen-bond donors (Lipinski definition) is 0. The molecule has 1 fully saturated rings. The topological polar surface area (TPSA) is 30.7 Å². The zero-order chi connectivity index (χ0) is 13.5. The van der Waals surface area contributed by atoms with Crippen LogP contribution in [0.1, 0.15) is 30.1 Å². The van der Waals surface area contributed by atoms with Crippen molar-refractivity contribution in [3.63, 3.8) is 0 Å². The van der Waals surface area contributed by atoms with Crippen LogP contribution in [0, 0.1) is 0 Å². The van der Waals surface area contributed by atoms with Crippen molar-refractivity contribution in [1.82, 2.24) is 14.8 Å². The van der Waals surface area contributed by atoms with Gasteiger partial charge in [0, 0.05) is 17.5 Å². The van der Waals surface area contributed by atoms with Gasteiger partial charge in [-0.25, -0.2) is 4.68 Å². The Hall–Kier alpha value is -1.87. The maximum absolute atomic E-state index is 5.96. The van der Waals surface area contributed by atoms with Crippen LogP contribution in [0.15, 0.2) is 42.6 Å². The van der Waals surface area contributed by atoms with E-state index in [-0.39, 0.29) is 0 Å². The number of nitrogens with zero attached hydrogens (tertiary/aromatic N) is 3. The molecule has 0 saturated heterocycles. The van der Waals surface area contributed by atoms with Gasteiger partial charge in [-0.1, -0.05) is 18.2 Å². The van der Waals surface area contributed by atoms with E-state index in [0.717, 1.165) is 22.3 Å². The van der Waals surface area contributed by atoms with Crippen molar-refractivity contribution in [2.45, 2.75) is 24.6 Å². The fourth-order valence-corrected chi connectivity index (χ4v) is 2.67. The fourth-order valence-electron chi connectivity index (χ4n) is 2.54. The molecule has 0 spiro atoms. The Bertz CT molecular complexity index is 774. The van der Waals surface area contributed by atoms with Gasteiger partial charge in [-0.15, -0.1) is 11.6 Å². The lowest BCUT2D eigenvalue weighted by atomic mass is 10.1. The summed E-state index contributed by atoms with van der Waals surface area (Å²) in [5, 5.41) is 5.82. The molecule has 0 N–H and O–H groups in total. The summed E-state index contributed by atoms with van der Waals surface area (Å²) in [4.78, 5) is 4.56. The minimum absolute atomic E-state index is 0.411. The van der Waals surface area contributed by atoms with Crippen LogP contribution in [0.25, 0.3) is 16.6 Å². The average Bonchev–Trinajstić information content (AvgIpc) is 3.24. The fraction of sp³-hybridized carbons (Fsp3) is 0.250. The van der Waals surface area contributed by atoms with E-state index in [1.807, 2.05) is 35.1 Å². The number of aromatic nitrogens is 3. The molecule has 1 aliphatic rings. The maximum atomic E-state index is 5.96. The number of alkyl halides is 1. The summed E-state index contributed by atoms with van der Waals surface area (Å²) in [6.45, 7) is 0. The Balaban J connectivity index is 1.91. The third-order valence-electron chi connectivity index (χ3n) is 3.74. The molecular formula is C16H14ClN3. The van der Waals surface area contributed by atoms with Gasteiger partial charge in [0.2, 0.25) is 0 Å². The highest BCUT2D eigenvalue weighted by molar-refractivity contribution is 6.17. The monoisotopic (exact) mass is 283 g/mol. The molecule has 20 heavy (non-hydrogen) atoms. The van der Waals surface area contributed by atoms with Crippen molar-refractivity contribution in [2.24, 2.45) is 0 Å².